The summed E-state index contributed by atoms with van der Waals surface area (Å²) in [6.45, 7) is 4.64. The number of rotatable bonds is 2. The van der Waals surface area contributed by atoms with E-state index in [0.29, 0.717) is 41.1 Å². The van der Waals surface area contributed by atoms with E-state index in [1.165, 1.54) is 0 Å². The van der Waals surface area contributed by atoms with Crippen LogP contribution >= 0.6 is 11.6 Å². The zero-order chi connectivity index (χ0) is 18.0. The van der Waals surface area contributed by atoms with Crippen molar-refractivity contribution in [3.05, 3.63) is 46.5 Å². The summed E-state index contributed by atoms with van der Waals surface area (Å²) in [4.78, 5) is 24.3. The average Bonchev–Trinajstić information content (AvgIpc) is 2.57. The summed E-state index contributed by atoms with van der Waals surface area (Å²) in [6.07, 6.45) is 0. The number of halogens is 1. The Morgan fingerprint density at radius 2 is 1.64 bits per heavy atom. The number of fused-ring (bicyclic) bond motifs is 1. The van der Waals surface area contributed by atoms with Gasteiger partial charge in [0.2, 0.25) is 0 Å². The quantitative estimate of drug-likeness (QED) is 0.805. The molecule has 130 valence electrons. The van der Waals surface area contributed by atoms with Gasteiger partial charge >= 0.3 is 11.8 Å². The molecular weight excluding hydrogens is 344 g/mol. The van der Waals surface area contributed by atoms with Crippen LogP contribution in [-0.2, 0) is 9.59 Å². The number of amides is 2. The van der Waals surface area contributed by atoms with Gasteiger partial charge in [0.25, 0.3) is 0 Å². The van der Waals surface area contributed by atoms with Gasteiger partial charge in [0.15, 0.2) is 11.5 Å². The molecule has 1 aliphatic heterocycles. The Morgan fingerprint density at radius 3 is 2.36 bits per heavy atom. The summed E-state index contributed by atoms with van der Waals surface area (Å²) in [5, 5.41) is 5.47. The lowest BCUT2D eigenvalue weighted by Gasteiger charge is -2.19. The highest BCUT2D eigenvalue weighted by atomic mass is 35.5. The SMILES string of the molecule is Cc1cc(C)c(NC(=O)C(=O)Nc2ccc3c(c2)OCCO3)c(Cl)c1. The molecule has 7 heteroatoms. The van der Waals surface area contributed by atoms with Crippen molar-refractivity contribution in [1.82, 2.24) is 0 Å². The molecule has 1 heterocycles. The van der Waals surface area contributed by atoms with E-state index in [1.54, 1.807) is 24.3 Å². The van der Waals surface area contributed by atoms with E-state index in [0.717, 1.165) is 11.1 Å². The number of carbonyl (C=O) groups excluding carboxylic acids is 2. The molecule has 25 heavy (non-hydrogen) atoms. The minimum atomic E-state index is -0.802. The molecule has 0 aromatic heterocycles. The first-order valence-corrected chi connectivity index (χ1v) is 8.10. The van der Waals surface area contributed by atoms with Gasteiger partial charge in [-0.1, -0.05) is 17.7 Å². The van der Waals surface area contributed by atoms with Crippen molar-refractivity contribution in [2.45, 2.75) is 13.8 Å². The van der Waals surface area contributed by atoms with Gasteiger partial charge in [0.05, 0.1) is 10.7 Å². The number of aryl methyl sites for hydroxylation is 2. The molecule has 3 rings (SSSR count). The lowest BCUT2D eigenvalue weighted by molar-refractivity contribution is -0.133. The monoisotopic (exact) mass is 360 g/mol. The Labute approximate surface area is 150 Å². The van der Waals surface area contributed by atoms with Crippen molar-refractivity contribution in [1.29, 1.82) is 0 Å². The van der Waals surface area contributed by atoms with Gasteiger partial charge in [-0.15, -0.1) is 0 Å². The summed E-state index contributed by atoms with van der Waals surface area (Å²) in [6, 6.07) is 8.54. The summed E-state index contributed by atoms with van der Waals surface area (Å²) in [7, 11) is 0. The van der Waals surface area contributed by atoms with Crippen LogP contribution < -0.4 is 20.1 Å². The second-order valence-electron chi connectivity index (χ2n) is 5.71. The second-order valence-corrected chi connectivity index (χ2v) is 6.11. The lowest BCUT2D eigenvalue weighted by Crippen LogP contribution is -2.29. The van der Waals surface area contributed by atoms with E-state index >= 15 is 0 Å². The molecule has 0 spiro atoms. The van der Waals surface area contributed by atoms with Crippen molar-refractivity contribution in [3.63, 3.8) is 0 Å². The minimum Gasteiger partial charge on any atom is -0.486 e. The fraction of sp³-hybridized carbons (Fsp3) is 0.222. The Bertz CT molecular complexity index is 828. The molecule has 0 radical (unpaired) electrons. The van der Waals surface area contributed by atoms with Gasteiger partial charge in [-0.25, -0.2) is 0 Å². The molecule has 2 N–H and O–H groups in total. The van der Waals surface area contributed by atoms with Gasteiger partial charge in [-0.2, -0.15) is 0 Å². The summed E-state index contributed by atoms with van der Waals surface area (Å²) < 4.78 is 10.9. The molecule has 0 saturated heterocycles. The lowest BCUT2D eigenvalue weighted by atomic mass is 10.1. The molecule has 0 atom stereocenters. The molecule has 0 bridgehead atoms. The maximum atomic E-state index is 12.2. The van der Waals surface area contributed by atoms with Crippen molar-refractivity contribution in [3.8, 4) is 11.5 Å². The zero-order valence-corrected chi connectivity index (χ0v) is 14.6. The first kappa shape index (κ1) is 17.1. The second kappa shape index (κ2) is 7.03. The van der Waals surface area contributed by atoms with E-state index in [1.807, 2.05) is 19.9 Å². The third kappa shape index (κ3) is 3.85. The minimum absolute atomic E-state index is 0.387. The zero-order valence-electron chi connectivity index (χ0n) is 13.8. The maximum absolute atomic E-state index is 12.2. The highest BCUT2D eigenvalue weighted by Crippen LogP contribution is 2.32. The standard InChI is InChI=1S/C18H17ClN2O4/c1-10-7-11(2)16(13(19)8-10)21-18(23)17(22)20-12-3-4-14-15(9-12)25-6-5-24-14/h3-4,7-9H,5-6H2,1-2H3,(H,20,22)(H,21,23). The Hall–Kier alpha value is -2.73. The van der Waals surface area contributed by atoms with Gasteiger partial charge in [0, 0.05) is 11.8 Å². The van der Waals surface area contributed by atoms with E-state index in [4.69, 9.17) is 21.1 Å². The van der Waals surface area contributed by atoms with Crippen LogP contribution in [0, 0.1) is 13.8 Å². The first-order chi connectivity index (χ1) is 11.9. The van der Waals surface area contributed by atoms with E-state index in [9.17, 15) is 9.59 Å². The molecule has 0 fully saturated rings. The van der Waals surface area contributed by atoms with Crippen molar-refractivity contribution in [2.75, 3.05) is 23.8 Å². The number of hydrogen-bond donors (Lipinski definition) is 2. The molecule has 1 aliphatic rings. The predicted octanol–water partition coefficient (Wildman–Crippen LogP) is 3.31. The van der Waals surface area contributed by atoms with Gasteiger partial charge in [-0.05, 0) is 43.2 Å². The van der Waals surface area contributed by atoms with Crippen LogP contribution in [0.25, 0.3) is 0 Å². The highest BCUT2D eigenvalue weighted by Gasteiger charge is 2.18. The van der Waals surface area contributed by atoms with Crippen molar-refractivity contribution in [2.24, 2.45) is 0 Å². The van der Waals surface area contributed by atoms with Crippen molar-refractivity contribution < 1.29 is 19.1 Å². The van der Waals surface area contributed by atoms with Crippen LogP contribution in [-0.4, -0.2) is 25.0 Å². The maximum Gasteiger partial charge on any atom is 0.314 e. The average molecular weight is 361 g/mol. The van der Waals surface area contributed by atoms with Gasteiger partial charge in [-0.3, -0.25) is 9.59 Å². The van der Waals surface area contributed by atoms with E-state index in [2.05, 4.69) is 10.6 Å². The van der Waals surface area contributed by atoms with E-state index in [-0.39, 0.29) is 0 Å². The molecule has 2 aromatic rings. The van der Waals surface area contributed by atoms with Gasteiger partial charge in [0.1, 0.15) is 13.2 Å². The predicted molar refractivity (Wildman–Crippen MR) is 95.6 cm³/mol. The smallest absolute Gasteiger partial charge is 0.314 e. The van der Waals surface area contributed by atoms with Gasteiger partial charge < -0.3 is 20.1 Å². The number of ether oxygens (including phenoxy) is 2. The summed E-state index contributed by atoms with van der Waals surface area (Å²) in [5.41, 5.74) is 2.62. The number of nitrogens with one attached hydrogen (secondary N) is 2. The molecule has 0 unspecified atom stereocenters. The van der Waals surface area contributed by atoms with Crippen LogP contribution in [0.2, 0.25) is 5.02 Å². The van der Waals surface area contributed by atoms with Crippen molar-refractivity contribution >= 4 is 34.8 Å². The topological polar surface area (TPSA) is 76.7 Å². The van der Waals surface area contributed by atoms with E-state index < -0.39 is 11.8 Å². The van der Waals surface area contributed by atoms with Crippen LogP contribution in [0.5, 0.6) is 11.5 Å². The number of carbonyl (C=O) groups is 2. The molecule has 0 aliphatic carbocycles. The summed E-state index contributed by atoms with van der Waals surface area (Å²) in [5.74, 6) is -0.464. The van der Waals surface area contributed by atoms with Crippen LogP contribution in [0.3, 0.4) is 0 Å². The molecule has 6 nitrogen and oxygen atoms in total. The number of anilines is 2. The number of benzene rings is 2. The fourth-order valence-electron chi connectivity index (χ4n) is 2.55. The fourth-order valence-corrected chi connectivity index (χ4v) is 2.92. The highest BCUT2D eigenvalue weighted by molar-refractivity contribution is 6.45. The molecule has 2 amide bonds. The molecule has 0 saturated carbocycles. The Balaban J connectivity index is 1.70. The Kier molecular flexibility index (Phi) is 4.81. The van der Waals surface area contributed by atoms with Crippen LogP contribution in [0.1, 0.15) is 11.1 Å². The normalized spacial score (nSPS) is 12.4. The van der Waals surface area contributed by atoms with Crippen LogP contribution in [0.15, 0.2) is 30.3 Å². The largest absolute Gasteiger partial charge is 0.486 e. The summed E-state index contributed by atoms with van der Waals surface area (Å²) >= 11 is 6.15. The number of hydrogen-bond acceptors (Lipinski definition) is 4. The first-order valence-electron chi connectivity index (χ1n) is 7.73. The molecular formula is C18H17ClN2O4. The Morgan fingerprint density at radius 1 is 0.960 bits per heavy atom. The third-order valence-corrected chi connectivity index (χ3v) is 3.97. The molecule has 2 aromatic carbocycles. The van der Waals surface area contributed by atoms with Crippen LogP contribution in [0.4, 0.5) is 11.4 Å². The third-order valence-electron chi connectivity index (χ3n) is 3.68.